The average molecular weight is 232 g/mol. The number of hydrogen-bond acceptors (Lipinski definition) is 3. The molecule has 1 aromatic heterocycles. The van der Waals surface area contributed by atoms with Gasteiger partial charge in [-0.2, -0.15) is 0 Å². The molecule has 0 saturated heterocycles. The Labute approximate surface area is 98.9 Å². The Balaban J connectivity index is 2.92. The molecule has 2 N–H and O–H groups in total. The number of nitrogens with one attached hydrogen (secondary N) is 1. The van der Waals surface area contributed by atoms with Crippen LogP contribution in [0.15, 0.2) is 12.3 Å². The van der Waals surface area contributed by atoms with Crippen LogP contribution < -0.4 is 5.32 Å². The van der Waals surface area contributed by atoms with E-state index in [4.69, 9.17) is 5.11 Å². The summed E-state index contributed by atoms with van der Waals surface area (Å²) in [4.78, 5) is 25.3. The molecule has 1 aromatic rings. The van der Waals surface area contributed by atoms with E-state index in [0.717, 1.165) is 5.56 Å². The predicted octanol–water partition coefficient (Wildman–Crippen LogP) is 0.576. The third kappa shape index (κ3) is 3.95. The maximum Gasteiger partial charge on any atom is 0.355 e. The first-order chi connectivity index (χ1) is 8.00. The van der Waals surface area contributed by atoms with Crippen LogP contribution in [-0.4, -0.2) is 28.5 Å². The molecule has 0 aliphatic carbocycles. The SMILES string of the molecule is CC(=O)NCC#Cc1cc(C)cnc1C(=O)O. The zero-order valence-corrected chi connectivity index (χ0v) is 9.57. The molecule has 0 spiro atoms. The predicted molar refractivity (Wildman–Crippen MR) is 61.5 cm³/mol. The summed E-state index contributed by atoms with van der Waals surface area (Å²) in [6, 6.07) is 1.65. The largest absolute Gasteiger partial charge is 0.476 e. The van der Waals surface area contributed by atoms with Gasteiger partial charge < -0.3 is 10.4 Å². The number of rotatable bonds is 2. The summed E-state index contributed by atoms with van der Waals surface area (Å²) in [7, 11) is 0. The van der Waals surface area contributed by atoms with Gasteiger partial charge in [0.25, 0.3) is 0 Å². The normalized spacial score (nSPS) is 9.06. The third-order valence-electron chi connectivity index (χ3n) is 1.88. The summed E-state index contributed by atoms with van der Waals surface area (Å²) in [5.41, 5.74) is 1.10. The second-order valence-corrected chi connectivity index (χ2v) is 3.43. The summed E-state index contributed by atoms with van der Waals surface area (Å²) in [5.74, 6) is 4.06. The Kier molecular flexibility index (Phi) is 4.23. The standard InChI is InChI=1S/C12H12N2O3/c1-8-6-10(4-3-5-13-9(2)15)11(12(16)17)14-7-8/h6-7H,5H2,1-2H3,(H,13,15)(H,16,17). The van der Waals surface area contributed by atoms with Gasteiger partial charge >= 0.3 is 5.97 Å². The van der Waals surface area contributed by atoms with Crippen molar-refractivity contribution in [2.24, 2.45) is 0 Å². The van der Waals surface area contributed by atoms with E-state index < -0.39 is 5.97 Å². The Morgan fingerprint density at radius 1 is 1.53 bits per heavy atom. The van der Waals surface area contributed by atoms with E-state index in [1.165, 1.54) is 13.1 Å². The highest BCUT2D eigenvalue weighted by Gasteiger charge is 2.09. The van der Waals surface area contributed by atoms with Crippen LogP contribution in [0.3, 0.4) is 0 Å². The van der Waals surface area contributed by atoms with E-state index in [9.17, 15) is 9.59 Å². The molecule has 5 heteroatoms. The first kappa shape index (κ1) is 12.7. The van der Waals surface area contributed by atoms with E-state index in [1.807, 2.05) is 0 Å². The second kappa shape index (κ2) is 5.66. The number of aromatic carboxylic acids is 1. The lowest BCUT2D eigenvalue weighted by Gasteiger charge is -1.99. The van der Waals surface area contributed by atoms with Crippen molar-refractivity contribution in [3.05, 3.63) is 29.1 Å². The van der Waals surface area contributed by atoms with Crippen molar-refractivity contribution in [2.45, 2.75) is 13.8 Å². The van der Waals surface area contributed by atoms with E-state index in [0.29, 0.717) is 5.56 Å². The molecule has 5 nitrogen and oxygen atoms in total. The van der Waals surface area contributed by atoms with Crippen LogP contribution in [0.25, 0.3) is 0 Å². The number of nitrogens with zero attached hydrogens (tertiary/aromatic N) is 1. The highest BCUT2D eigenvalue weighted by atomic mass is 16.4. The molecule has 17 heavy (non-hydrogen) atoms. The molecule has 0 aliphatic rings. The maximum atomic E-state index is 10.9. The van der Waals surface area contributed by atoms with Gasteiger partial charge in [-0.1, -0.05) is 11.8 Å². The molecule has 0 bridgehead atoms. The number of amides is 1. The van der Waals surface area contributed by atoms with Gasteiger partial charge in [-0.3, -0.25) is 4.79 Å². The Morgan fingerprint density at radius 2 is 2.24 bits per heavy atom. The number of carbonyl (C=O) groups excluding carboxylic acids is 1. The molecule has 1 amide bonds. The van der Waals surface area contributed by atoms with Crippen LogP contribution in [0.2, 0.25) is 0 Å². The summed E-state index contributed by atoms with van der Waals surface area (Å²) in [6.45, 7) is 3.37. The molecule has 0 radical (unpaired) electrons. The van der Waals surface area contributed by atoms with Crippen LogP contribution in [0.1, 0.15) is 28.5 Å². The van der Waals surface area contributed by atoms with Crippen molar-refractivity contribution in [3.63, 3.8) is 0 Å². The van der Waals surface area contributed by atoms with Gasteiger partial charge in [0.05, 0.1) is 12.1 Å². The van der Waals surface area contributed by atoms with Crippen LogP contribution in [-0.2, 0) is 4.79 Å². The topological polar surface area (TPSA) is 79.3 Å². The number of hydrogen-bond donors (Lipinski definition) is 2. The van der Waals surface area contributed by atoms with Crippen molar-refractivity contribution < 1.29 is 14.7 Å². The zero-order chi connectivity index (χ0) is 12.8. The summed E-state index contributed by atoms with van der Waals surface area (Å²) in [5, 5.41) is 11.4. The number of carbonyl (C=O) groups is 2. The van der Waals surface area contributed by atoms with Gasteiger partial charge in [-0.15, -0.1) is 0 Å². The highest BCUT2D eigenvalue weighted by molar-refractivity contribution is 5.88. The van der Waals surface area contributed by atoms with Crippen molar-refractivity contribution in [3.8, 4) is 11.8 Å². The minimum atomic E-state index is -1.12. The van der Waals surface area contributed by atoms with Crippen molar-refractivity contribution in [1.29, 1.82) is 0 Å². The van der Waals surface area contributed by atoms with Gasteiger partial charge in [-0.25, -0.2) is 9.78 Å². The molecular formula is C12H12N2O3. The van der Waals surface area contributed by atoms with E-state index in [2.05, 4.69) is 22.1 Å². The second-order valence-electron chi connectivity index (χ2n) is 3.43. The number of aromatic nitrogens is 1. The fourth-order valence-electron chi connectivity index (χ4n) is 1.14. The lowest BCUT2D eigenvalue weighted by atomic mass is 10.1. The van der Waals surface area contributed by atoms with Crippen molar-refractivity contribution >= 4 is 11.9 Å². The molecule has 1 rings (SSSR count). The van der Waals surface area contributed by atoms with E-state index in [-0.39, 0.29) is 18.1 Å². The minimum Gasteiger partial charge on any atom is -0.476 e. The molecular weight excluding hydrogens is 220 g/mol. The number of carboxylic acid groups (broad SMARTS) is 1. The quantitative estimate of drug-likeness (QED) is 0.731. The van der Waals surface area contributed by atoms with Crippen molar-refractivity contribution in [2.75, 3.05) is 6.54 Å². The molecule has 1 heterocycles. The summed E-state index contributed by atoms with van der Waals surface area (Å²) in [6.07, 6.45) is 1.47. The van der Waals surface area contributed by atoms with Gasteiger partial charge in [0.2, 0.25) is 5.91 Å². The minimum absolute atomic E-state index is 0.0778. The van der Waals surface area contributed by atoms with E-state index in [1.54, 1.807) is 13.0 Å². The molecule has 0 aliphatic heterocycles. The zero-order valence-electron chi connectivity index (χ0n) is 9.57. The Bertz CT molecular complexity index is 512. The maximum absolute atomic E-state index is 10.9. The number of pyridine rings is 1. The van der Waals surface area contributed by atoms with Crippen LogP contribution in [0, 0.1) is 18.8 Å². The molecule has 0 aromatic carbocycles. The summed E-state index contributed by atoms with van der Waals surface area (Å²) >= 11 is 0. The van der Waals surface area contributed by atoms with E-state index >= 15 is 0 Å². The number of aryl methyl sites for hydroxylation is 1. The monoisotopic (exact) mass is 232 g/mol. The van der Waals surface area contributed by atoms with Crippen LogP contribution in [0.4, 0.5) is 0 Å². The van der Waals surface area contributed by atoms with Crippen LogP contribution in [0.5, 0.6) is 0 Å². The molecule has 0 saturated carbocycles. The van der Waals surface area contributed by atoms with Gasteiger partial charge in [0.1, 0.15) is 0 Å². The lowest BCUT2D eigenvalue weighted by Crippen LogP contribution is -2.19. The van der Waals surface area contributed by atoms with Gasteiger partial charge in [0.15, 0.2) is 5.69 Å². The smallest absolute Gasteiger partial charge is 0.355 e. The summed E-state index contributed by atoms with van der Waals surface area (Å²) < 4.78 is 0. The first-order valence-corrected chi connectivity index (χ1v) is 4.94. The molecule has 0 fully saturated rings. The van der Waals surface area contributed by atoms with Gasteiger partial charge in [0, 0.05) is 13.1 Å². The molecule has 88 valence electrons. The lowest BCUT2D eigenvalue weighted by molar-refractivity contribution is -0.118. The van der Waals surface area contributed by atoms with Gasteiger partial charge in [-0.05, 0) is 18.6 Å². The third-order valence-corrected chi connectivity index (χ3v) is 1.88. The molecule has 0 atom stereocenters. The average Bonchev–Trinajstić information content (AvgIpc) is 2.23. The first-order valence-electron chi connectivity index (χ1n) is 4.94. The highest BCUT2D eigenvalue weighted by Crippen LogP contribution is 2.06. The molecule has 0 unspecified atom stereocenters. The van der Waals surface area contributed by atoms with Crippen LogP contribution >= 0.6 is 0 Å². The Morgan fingerprint density at radius 3 is 2.82 bits per heavy atom. The Hall–Kier alpha value is -2.35. The fourth-order valence-corrected chi connectivity index (χ4v) is 1.14. The van der Waals surface area contributed by atoms with Crippen molar-refractivity contribution in [1.82, 2.24) is 10.3 Å². The fraction of sp³-hybridized carbons (Fsp3) is 0.250. The number of carboxylic acids is 1.